The molecule has 3 heterocycles. The van der Waals surface area contributed by atoms with E-state index in [1.54, 1.807) is 6.92 Å². The minimum Gasteiger partial charge on any atom is -0.481 e. The molecule has 8 heteroatoms. The standard InChI is InChI=1S/C28H36FN5O2/c1-17(22-13-25(36-4)32-16-24(22)29)26(35)19-6-5-9-28(10-7-19)11-8-20-12-23(21(14-30)15-31-3)18(2)33-27(20)34-28/h12-17,19,30-31H,5-11H2,1-4H3,(H,33,34)/b21-15+,30-14?/t17-,19?,28?/m1/s1. The lowest BCUT2D eigenvalue weighted by molar-refractivity contribution is -0.124. The predicted molar refractivity (Wildman–Crippen MR) is 140 cm³/mol. The first-order valence-electron chi connectivity index (χ1n) is 12.7. The molecule has 2 aliphatic rings. The summed E-state index contributed by atoms with van der Waals surface area (Å²) in [7, 11) is 3.31. The van der Waals surface area contributed by atoms with Crippen molar-refractivity contribution in [3.05, 3.63) is 52.7 Å². The topological polar surface area (TPSA) is 100.0 Å². The van der Waals surface area contributed by atoms with Gasteiger partial charge in [0.15, 0.2) is 0 Å². The lowest BCUT2D eigenvalue weighted by Crippen LogP contribution is -2.42. The van der Waals surface area contributed by atoms with E-state index in [0.29, 0.717) is 11.4 Å². The summed E-state index contributed by atoms with van der Waals surface area (Å²) in [6, 6.07) is 3.68. The zero-order valence-electron chi connectivity index (χ0n) is 21.6. The number of allylic oxidation sites excluding steroid dienone is 1. The summed E-state index contributed by atoms with van der Waals surface area (Å²) in [6.45, 7) is 3.76. The quantitative estimate of drug-likeness (QED) is 0.459. The maximum absolute atomic E-state index is 14.5. The van der Waals surface area contributed by atoms with Crippen LogP contribution in [0, 0.1) is 24.1 Å². The molecule has 0 aromatic carbocycles. The molecule has 2 unspecified atom stereocenters. The van der Waals surface area contributed by atoms with Crippen LogP contribution < -0.4 is 15.4 Å². The van der Waals surface area contributed by atoms with Crippen LogP contribution in [0.1, 0.15) is 73.8 Å². The van der Waals surface area contributed by atoms with E-state index in [9.17, 15) is 9.18 Å². The van der Waals surface area contributed by atoms with Crippen molar-refractivity contribution >= 4 is 23.4 Å². The van der Waals surface area contributed by atoms with Crippen LogP contribution >= 0.6 is 0 Å². The molecule has 3 N–H and O–H groups in total. The van der Waals surface area contributed by atoms with Crippen LogP contribution in [0.15, 0.2) is 24.5 Å². The van der Waals surface area contributed by atoms with Crippen molar-refractivity contribution in [1.82, 2.24) is 15.3 Å². The van der Waals surface area contributed by atoms with E-state index in [1.807, 2.05) is 20.2 Å². The minimum absolute atomic E-state index is 0.0808. The Morgan fingerprint density at radius 3 is 2.86 bits per heavy atom. The van der Waals surface area contributed by atoms with Crippen molar-refractivity contribution in [3.8, 4) is 5.88 Å². The average molecular weight is 494 g/mol. The fourth-order valence-electron chi connectivity index (χ4n) is 5.73. The van der Waals surface area contributed by atoms with Gasteiger partial charge in [0.2, 0.25) is 5.88 Å². The lowest BCUT2D eigenvalue weighted by Gasteiger charge is -2.39. The molecule has 0 saturated heterocycles. The number of ketones is 1. The van der Waals surface area contributed by atoms with Crippen molar-refractivity contribution < 1.29 is 13.9 Å². The molecule has 0 bridgehead atoms. The third kappa shape index (κ3) is 5.13. The number of Topliss-reactive ketones (excluding diaryl/α,β-unsaturated/α-hetero) is 1. The first-order valence-corrected chi connectivity index (χ1v) is 12.7. The number of hydrogen-bond donors (Lipinski definition) is 3. The van der Waals surface area contributed by atoms with Gasteiger partial charge in [-0.1, -0.05) is 13.3 Å². The highest BCUT2D eigenvalue weighted by Crippen LogP contribution is 2.42. The molecule has 4 rings (SSSR count). The molecule has 2 aromatic rings. The second kappa shape index (κ2) is 10.8. The number of aromatic nitrogens is 2. The number of ether oxygens (including phenoxy) is 1. The number of anilines is 1. The third-order valence-corrected chi connectivity index (χ3v) is 7.86. The SMILES string of the molecule is CN/C=C(\C=N)c1cc2c(nc1C)NC1(CCCC(C(=O)[C@H](C)c3cc(OC)ncc3F)CC1)CC2. The Morgan fingerprint density at radius 1 is 1.33 bits per heavy atom. The highest BCUT2D eigenvalue weighted by atomic mass is 19.1. The lowest BCUT2D eigenvalue weighted by atomic mass is 9.80. The average Bonchev–Trinajstić information content (AvgIpc) is 3.09. The van der Waals surface area contributed by atoms with Crippen LogP contribution in [0.3, 0.4) is 0 Å². The Balaban J connectivity index is 1.49. The number of rotatable bonds is 7. The van der Waals surface area contributed by atoms with Gasteiger partial charge in [-0.2, -0.15) is 0 Å². The van der Waals surface area contributed by atoms with Crippen LogP contribution in [-0.2, 0) is 11.2 Å². The second-order valence-corrected chi connectivity index (χ2v) is 10.1. The molecular formula is C28H36FN5O2. The normalized spacial score (nSPS) is 22.7. The number of nitrogens with zero attached hydrogens (tertiary/aromatic N) is 2. The molecule has 1 aliphatic heterocycles. The van der Waals surface area contributed by atoms with Crippen molar-refractivity contribution in [2.75, 3.05) is 19.5 Å². The number of nitrogens with one attached hydrogen (secondary N) is 3. The maximum Gasteiger partial charge on any atom is 0.213 e. The Bertz CT molecular complexity index is 1180. The van der Waals surface area contributed by atoms with Gasteiger partial charge >= 0.3 is 0 Å². The maximum atomic E-state index is 14.5. The number of hydrogen-bond acceptors (Lipinski definition) is 7. The highest BCUT2D eigenvalue weighted by molar-refractivity contribution is 6.08. The van der Waals surface area contributed by atoms with Crippen molar-refractivity contribution in [2.24, 2.45) is 5.92 Å². The minimum atomic E-state index is -0.544. The van der Waals surface area contributed by atoms with Crippen LogP contribution in [-0.4, -0.2) is 41.7 Å². The summed E-state index contributed by atoms with van der Waals surface area (Å²) in [5.74, 6) is 0.210. The van der Waals surface area contributed by atoms with Crippen LogP contribution in [0.25, 0.3) is 5.57 Å². The first-order chi connectivity index (χ1) is 17.3. The van der Waals surface area contributed by atoms with E-state index in [2.05, 4.69) is 21.7 Å². The van der Waals surface area contributed by atoms with Crippen molar-refractivity contribution in [1.29, 1.82) is 5.41 Å². The second-order valence-electron chi connectivity index (χ2n) is 10.1. The van der Waals surface area contributed by atoms with Gasteiger partial charge in [-0.15, -0.1) is 0 Å². The van der Waals surface area contributed by atoms with Gasteiger partial charge in [-0.25, -0.2) is 14.4 Å². The monoisotopic (exact) mass is 493 g/mol. The molecule has 192 valence electrons. The number of carbonyl (C=O) groups excluding carboxylic acids is 1. The van der Waals surface area contributed by atoms with Gasteiger partial charge in [0.25, 0.3) is 0 Å². The Labute approximate surface area is 212 Å². The van der Waals surface area contributed by atoms with Crippen molar-refractivity contribution in [3.63, 3.8) is 0 Å². The molecule has 1 saturated carbocycles. The largest absolute Gasteiger partial charge is 0.481 e. The molecule has 1 fully saturated rings. The summed E-state index contributed by atoms with van der Waals surface area (Å²) in [5.41, 5.74) is 4.09. The van der Waals surface area contributed by atoms with Gasteiger partial charge in [0.1, 0.15) is 17.4 Å². The Kier molecular flexibility index (Phi) is 7.71. The fourth-order valence-corrected chi connectivity index (χ4v) is 5.73. The summed E-state index contributed by atoms with van der Waals surface area (Å²) < 4.78 is 19.6. The molecule has 36 heavy (non-hydrogen) atoms. The molecular weight excluding hydrogens is 457 g/mol. The molecule has 0 amide bonds. The number of pyridine rings is 2. The number of aryl methyl sites for hydroxylation is 2. The summed E-state index contributed by atoms with van der Waals surface area (Å²) in [6.07, 6.45) is 10.6. The van der Waals surface area contributed by atoms with Crippen LogP contribution in [0.5, 0.6) is 5.88 Å². The number of methoxy groups -OCH3 is 1. The smallest absolute Gasteiger partial charge is 0.213 e. The summed E-state index contributed by atoms with van der Waals surface area (Å²) in [4.78, 5) is 22.2. The zero-order chi connectivity index (χ0) is 25.9. The van der Waals surface area contributed by atoms with E-state index in [0.717, 1.165) is 79.4 Å². The molecule has 3 atom stereocenters. The van der Waals surface area contributed by atoms with Gasteiger partial charge in [0.05, 0.1) is 13.3 Å². The first kappa shape index (κ1) is 25.8. The van der Waals surface area contributed by atoms with Crippen molar-refractivity contribution in [2.45, 2.75) is 70.3 Å². The number of halogens is 1. The van der Waals surface area contributed by atoms with E-state index in [1.165, 1.54) is 19.4 Å². The molecule has 2 aromatic heterocycles. The van der Waals surface area contributed by atoms with E-state index in [-0.39, 0.29) is 17.2 Å². The van der Waals surface area contributed by atoms with Gasteiger partial charge in [0, 0.05) is 65.3 Å². The van der Waals surface area contributed by atoms with E-state index >= 15 is 0 Å². The third-order valence-electron chi connectivity index (χ3n) is 7.86. The molecule has 1 spiro atoms. The van der Waals surface area contributed by atoms with Gasteiger partial charge in [-0.3, -0.25) is 4.79 Å². The number of fused-ring (bicyclic) bond motifs is 1. The molecule has 1 aliphatic carbocycles. The Hall–Kier alpha value is -3.29. The Morgan fingerprint density at radius 2 is 2.14 bits per heavy atom. The predicted octanol–water partition coefficient (Wildman–Crippen LogP) is 5.19. The van der Waals surface area contributed by atoms with E-state index < -0.39 is 11.7 Å². The fraction of sp³-hybridized carbons (Fsp3) is 0.500. The van der Waals surface area contributed by atoms with E-state index in [4.69, 9.17) is 15.1 Å². The zero-order valence-corrected chi connectivity index (χ0v) is 21.6. The number of carbonyl (C=O) groups is 1. The highest BCUT2D eigenvalue weighted by Gasteiger charge is 2.39. The summed E-state index contributed by atoms with van der Waals surface area (Å²) >= 11 is 0. The molecule has 7 nitrogen and oxygen atoms in total. The van der Waals surface area contributed by atoms with Crippen LogP contribution in [0.4, 0.5) is 10.2 Å². The van der Waals surface area contributed by atoms with Gasteiger partial charge in [-0.05, 0) is 57.1 Å². The molecule has 0 radical (unpaired) electrons. The summed E-state index contributed by atoms with van der Waals surface area (Å²) in [5, 5.41) is 14.5. The van der Waals surface area contributed by atoms with Gasteiger partial charge < -0.3 is 20.8 Å². The van der Waals surface area contributed by atoms with Crippen LogP contribution in [0.2, 0.25) is 0 Å².